The van der Waals surface area contributed by atoms with Crippen LogP contribution in [0.1, 0.15) is 10.4 Å². The van der Waals surface area contributed by atoms with Gasteiger partial charge in [0.15, 0.2) is 0 Å². The monoisotopic (exact) mass is 307 g/mol. The molecule has 1 aliphatic rings. The number of hydrazine groups is 1. The lowest BCUT2D eigenvalue weighted by molar-refractivity contribution is -0.384. The molecule has 1 aliphatic heterocycles. The molecule has 0 bridgehead atoms. The van der Waals surface area contributed by atoms with Gasteiger partial charge in [-0.2, -0.15) is 0 Å². The highest BCUT2D eigenvalue weighted by Gasteiger charge is 2.21. The second kappa shape index (κ2) is 6.71. The molecule has 1 saturated heterocycles. The standard InChI is InChI=1S/C14H21N5O3/c1-16(2)13-5-4-11(19(21)22)10-12(13)14(20)15-18-8-6-17(3)7-9-18/h4-5,10H,6-9H2,1-3H3,(H,15,20). The van der Waals surface area contributed by atoms with Gasteiger partial charge in [0.25, 0.3) is 11.6 Å². The van der Waals surface area contributed by atoms with Crippen LogP contribution in [0.5, 0.6) is 0 Å². The maximum atomic E-state index is 12.5. The lowest BCUT2D eigenvalue weighted by Crippen LogP contribution is -2.52. The average molecular weight is 307 g/mol. The molecule has 0 saturated carbocycles. The van der Waals surface area contributed by atoms with Crippen molar-refractivity contribution in [2.24, 2.45) is 0 Å². The third-order valence-electron chi connectivity index (χ3n) is 3.68. The predicted molar refractivity (Wildman–Crippen MR) is 84.0 cm³/mol. The molecule has 0 spiro atoms. The minimum absolute atomic E-state index is 0.0888. The number of anilines is 1. The third kappa shape index (κ3) is 3.71. The summed E-state index contributed by atoms with van der Waals surface area (Å²) in [6.45, 7) is 3.20. The van der Waals surface area contributed by atoms with Crippen LogP contribution in [0.2, 0.25) is 0 Å². The Balaban J connectivity index is 2.19. The summed E-state index contributed by atoms with van der Waals surface area (Å²) < 4.78 is 0. The van der Waals surface area contributed by atoms with Gasteiger partial charge in [-0.3, -0.25) is 20.3 Å². The largest absolute Gasteiger partial charge is 0.377 e. The second-order valence-electron chi connectivity index (χ2n) is 5.58. The minimum atomic E-state index is -0.494. The van der Waals surface area contributed by atoms with Crippen molar-refractivity contribution in [3.63, 3.8) is 0 Å². The van der Waals surface area contributed by atoms with Crippen molar-refractivity contribution in [1.29, 1.82) is 0 Å². The van der Waals surface area contributed by atoms with E-state index in [9.17, 15) is 14.9 Å². The Morgan fingerprint density at radius 2 is 1.91 bits per heavy atom. The highest BCUT2D eigenvalue weighted by atomic mass is 16.6. The van der Waals surface area contributed by atoms with Crippen LogP contribution in [0, 0.1) is 10.1 Å². The van der Waals surface area contributed by atoms with Crippen molar-refractivity contribution in [3.8, 4) is 0 Å². The van der Waals surface area contributed by atoms with Crippen LogP contribution in [-0.4, -0.2) is 68.1 Å². The van der Waals surface area contributed by atoms with E-state index in [4.69, 9.17) is 0 Å². The highest BCUT2D eigenvalue weighted by Crippen LogP contribution is 2.24. The number of nitrogens with zero attached hydrogens (tertiary/aromatic N) is 4. The zero-order chi connectivity index (χ0) is 16.3. The smallest absolute Gasteiger partial charge is 0.270 e. The van der Waals surface area contributed by atoms with Crippen molar-refractivity contribution >= 4 is 17.3 Å². The first-order chi connectivity index (χ1) is 10.4. The Labute approximate surface area is 129 Å². The van der Waals surface area contributed by atoms with Crippen LogP contribution >= 0.6 is 0 Å². The SMILES string of the molecule is CN1CCN(NC(=O)c2cc([N+](=O)[O-])ccc2N(C)C)CC1. The molecule has 2 rings (SSSR count). The second-order valence-corrected chi connectivity index (χ2v) is 5.58. The molecule has 1 aromatic carbocycles. The van der Waals surface area contributed by atoms with Crippen molar-refractivity contribution in [2.45, 2.75) is 0 Å². The van der Waals surface area contributed by atoms with E-state index < -0.39 is 4.92 Å². The molecule has 22 heavy (non-hydrogen) atoms. The van der Waals surface area contributed by atoms with Crippen LogP contribution in [0.4, 0.5) is 11.4 Å². The molecule has 1 heterocycles. The van der Waals surface area contributed by atoms with Gasteiger partial charge >= 0.3 is 0 Å². The number of carbonyl (C=O) groups excluding carboxylic acids is 1. The maximum absolute atomic E-state index is 12.5. The number of hydrogen-bond donors (Lipinski definition) is 1. The average Bonchev–Trinajstić information content (AvgIpc) is 2.48. The van der Waals surface area contributed by atoms with Gasteiger partial charge in [0.05, 0.1) is 10.5 Å². The molecule has 0 radical (unpaired) electrons. The van der Waals surface area contributed by atoms with E-state index in [1.165, 1.54) is 12.1 Å². The first-order valence-electron chi connectivity index (χ1n) is 7.08. The number of amides is 1. The molecule has 1 amide bonds. The molecule has 8 nitrogen and oxygen atoms in total. The van der Waals surface area contributed by atoms with E-state index in [1.807, 2.05) is 12.1 Å². The van der Waals surface area contributed by atoms with Gasteiger partial charge in [-0.25, -0.2) is 5.01 Å². The number of nitro benzene ring substituents is 1. The molecule has 1 N–H and O–H groups in total. The number of rotatable bonds is 4. The summed E-state index contributed by atoms with van der Waals surface area (Å²) >= 11 is 0. The van der Waals surface area contributed by atoms with Gasteiger partial charge in [-0.05, 0) is 13.1 Å². The fourth-order valence-electron chi connectivity index (χ4n) is 2.33. The topological polar surface area (TPSA) is 82.0 Å². The molecule has 1 aromatic rings. The number of carbonyl (C=O) groups is 1. The van der Waals surface area contributed by atoms with Gasteiger partial charge in [0.1, 0.15) is 0 Å². The van der Waals surface area contributed by atoms with Gasteiger partial charge in [-0.1, -0.05) is 0 Å². The molecule has 120 valence electrons. The molecule has 0 unspecified atom stereocenters. The van der Waals surface area contributed by atoms with E-state index >= 15 is 0 Å². The molecule has 8 heteroatoms. The first kappa shape index (κ1) is 16.2. The summed E-state index contributed by atoms with van der Waals surface area (Å²) in [5.74, 6) is -0.322. The van der Waals surface area contributed by atoms with Crippen LogP contribution in [0.3, 0.4) is 0 Å². The van der Waals surface area contributed by atoms with Crippen LogP contribution in [0.25, 0.3) is 0 Å². The van der Waals surface area contributed by atoms with Crippen LogP contribution < -0.4 is 10.3 Å². The predicted octanol–water partition coefficient (Wildman–Crippen LogP) is 0.553. The zero-order valence-electron chi connectivity index (χ0n) is 13.1. The fourth-order valence-corrected chi connectivity index (χ4v) is 2.33. The van der Waals surface area contributed by atoms with E-state index in [-0.39, 0.29) is 11.6 Å². The molecule has 1 fully saturated rings. The summed E-state index contributed by atoms with van der Waals surface area (Å²) in [5, 5.41) is 12.8. The first-order valence-corrected chi connectivity index (χ1v) is 7.08. The van der Waals surface area contributed by atoms with E-state index in [0.717, 1.165) is 26.2 Å². The lowest BCUT2D eigenvalue weighted by atomic mass is 10.1. The van der Waals surface area contributed by atoms with Crippen molar-refractivity contribution in [1.82, 2.24) is 15.3 Å². The molecule has 0 atom stereocenters. The van der Waals surface area contributed by atoms with Gasteiger partial charge in [0.2, 0.25) is 0 Å². The summed E-state index contributed by atoms with van der Waals surface area (Å²) in [6.07, 6.45) is 0. The number of likely N-dealkylation sites (N-methyl/N-ethyl adjacent to an activating group) is 1. The van der Waals surface area contributed by atoms with Gasteiger partial charge < -0.3 is 9.80 Å². The fraction of sp³-hybridized carbons (Fsp3) is 0.500. The van der Waals surface area contributed by atoms with Crippen molar-refractivity contribution in [2.75, 3.05) is 52.2 Å². The number of nitro groups is 1. The van der Waals surface area contributed by atoms with E-state index in [0.29, 0.717) is 11.3 Å². The number of benzene rings is 1. The van der Waals surface area contributed by atoms with Crippen molar-refractivity contribution in [3.05, 3.63) is 33.9 Å². The molecule has 0 aliphatic carbocycles. The Morgan fingerprint density at radius 3 is 2.45 bits per heavy atom. The number of hydrogen-bond acceptors (Lipinski definition) is 6. The normalized spacial score (nSPS) is 16.3. The van der Waals surface area contributed by atoms with Crippen molar-refractivity contribution < 1.29 is 9.72 Å². The van der Waals surface area contributed by atoms with Crippen LogP contribution in [-0.2, 0) is 0 Å². The zero-order valence-corrected chi connectivity index (χ0v) is 13.1. The summed E-state index contributed by atoms with van der Waals surface area (Å²) in [7, 11) is 5.63. The summed E-state index contributed by atoms with van der Waals surface area (Å²) in [6, 6.07) is 4.32. The van der Waals surface area contributed by atoms with E-state index in [2.05, 4.69) is 10.3 Å². The summed E-state index contributed by atoms with van der Waals surface area (Å²) in [4.78, 5) is 26.9. The number of non-ortho nitro benzene ring substituents is 1. The molecular weight excluding hydrogens is 286 g/mol. The van der Waals surface area contributed by atoms with E-state index in [1.54, 1.807) is 25.1 Å². The highest BCUT2D eigenvalue weighted by molar-refractivity contribution is 6.00. The molecule has 0 aromatic heterocycles. The number of piperazine rings is 1. The minimum Gasteiger partial charge on any atom is -0.377 e. The van der Waals surface area contributed by atoms with Gasteiger partial charge in [-0.15, -0.1) is 0 Å². The van der Waals surface area contributed by atoms with Gasteiger partial charge in [0, 0.05) is 58.1 Å². The maximum Gasteiger partial charge on any atom is 0.270 e. The Bertz CT molecular complexity index is 568. The lowest BCUT2D eigenvalue weighted by Gasteiger charge is -2.32. The Kier molecular flexibility index (Phi) is 4.94. The number of nitrogens with one attached hydrogen (secondary N) is 1. The third-order valence-corrected chi connectivity index (χ3v) is 3.68. The summed E-state index contributed by atoms with van der Waals surface area (Å²) in [5.41, 5.74) is 3.70. The molecular formula is C14H21N5O3. The van der Waals surface area contributed by atoms with Crippen LogP contribution in [0.15, 0.2) is 18.2 Å². The Morgan fingerprint density at radius 1 is 1.27 bits per heavy atom. The quantitative estimate of drug-likeness (QED) is 0.646. The Hall–Kier alpha value is -2.19.